The molecule has 2 aromatic carbocycles. The first-order chi connectivity index (χ1) is 14.2. The lowest BCUT2D eigenvalue weighted by atomic mass is 9.93. The molecule has 1 atom stereocenters. The summed E-state index contributed by atoms with van der Waals surface area (Å²) in [7, 11) is 0. The van der Waals surface area contributed by atoms with Gasteiger partial charge in [-0.3, -0.25) is 4.68 Å². The molecule has 0 bridgehead atoms. The van der Waals surface area contributed by atoms with Crippen molar-refractivity contribution in [2.24, 2.45) is 0 Å². The Morgan fingerprint density at radius 2 is 1.93 bits per heavy atom. The monoisotopic (exact) mass is 388 g/mol. The summed E-state index contributed by atoms with van der Waals surface area (Å²) in [5.41, 5.74) is 5.33. The summed E-state index contributed by atoms with van der Waals surface area (Å²) in [6.45, 7) is 7.66. The van der Waals surface area contributed by atoms with Gasteiger partial charge in [0, 0.05) is 36.7 Å². The number of hydrogen-bond acceptors (Lipinski definition) is 3. The summed E-state index contributed by atoms with van der Waals surface area (Å²) in [5.74, 6) is 0.458. The molecule has 0 amide bonds. The molecule has 2 heterocycles. The number of nitrogens with one attached hydrogen (secondary N) is 1. The smallest absolute Gasteiger partial charge is 0.0728 e. The first-order valence-electron chi connectivity index (χ1n) is 11.2. The fourth-order valence-electron chi connectivity index (χ4n) is 4.78. The fourth-order valence-corrected chi connectivity index (χ4v) is 4.78. The Kier molecular flexibility index (Phi) is 5.04. The predicted octanol–water partition coefficient (Wildman–Crippen LogP) is 4.91. The van der Waals surface area contributed by atoms with E-state index in [0.29, 0.717) is 18.0 Å². The van der Waals surface area contributed by atoms with Crippen LogP contribution in [0.2, 0.25) is 0 Å². The number of fused-ring (bicyclic) bond motifs is 1. The van der Waals surface area contributed by atoms with E-state index in [1.807, 2.05) is 0 Å². The summed E-state index contributed by atoms with van der Waals surface area (Å²) in [6.07, 6.45) is 4.95. The average molecular weight is 389 g/mol. The van der Waals surface area contributed by atoms with E-state index in [9.17, 15) is 0 Å². The van der Waals surface area contributed by atoms with E-state index in [2.05, 4.69) is 77.3 Å². The van der Waals surface area contributed by atoms with Crippen LogP contribution in [0.1, 0.15) is 56.3 Å². The zero-order chi connectivity index (χ0) is 19.8. The van der Waals surface area contributed by atoms with Gasteiger partial charge in [-0.05, 0) is 55.4 Å². The molecule has 1 aliphatic carbocycles. The van der Waals surface area contributed by atoms with Crippen LogP contribution in [0, 0.1) is 0 Å². The molecule has 1 aliphatic heterocycles. The number of nitrogens with zero attached hydrogens (tertiary/aromatic N) is 3. The number of rotatable bonds is 5. The van der Waals surface area contributed by atoms with Crippen molar-refractivity contribution in [3.63, 3.8) is 0 Å². The van der Waals surface area contributed by atoms with Crippen LogP contribution in [0.25, 0.3) is 10.9 Å². The van der Waals surface area contributed by atoms with Crippen LogP contribution < -0.4 is 10.2 Å². The summed E-state index contributed by atoms with van der Waals surface area (Å²) in [4.78, 5) is 2.55. The number of hydrogen-bond donors (Lipinski definition) is 1. The van der Waals surface area contributed by atoms with Crippen molar-refractivity contribution in [1.82, 2.24) is 15.1 Å². The fraction of sp³-hybridized carbons (Fsp3) is 0.480. The van der Waals surface area contributed by atoms with Gasteiger partial charge in [0.2, 0.25) is 0 Å². The van der Waals surface area contributed by atoms with Gasteiger partial charge in [-0.2, -0.15) is 5.10 Å². The molecule has 2 fully saturated rings. The maximum atomic E-state index is 5.05. The van der Waals surface area contributed by atoms with Gasteiger partial charge in [-0.15, -0.1) is 0 Å². The highest BCUT2D eigenvalue weighted by Crippen LogP contribution is 2.37. The highest BCUT2D eigenvalue weighted by Gasteiger charge is 2.26. The lowest BCUT2D eigenvalue weighted by Gasteiger charge is -2.35. The van der Waals surface area contributed by atoms with Crippen LogP contribution in [0.5, 0.6) is 0 Å². The molecule has 0 unspecified atom stereocenters. The first kappa shape index (κ1) is 18.7. The van der Waals surface area contributed by atoms with Gasteiger partial charge in [0.05, 0.1) is 17.3 Å². The standard InChI is InChI=1S/C25H32N4/c1-18(2)25-23-12-11-22(16-24(23)29(27-25)21-9-6-10-21)28-14-13-26-20(17-28)15-19-7-4-3-5-8-19/h3-5,7-8,11-12,16,18,20-21,26H,6,9-10,13-15,17H2,1-2H3/t20-/m0/s1. The van der Waals surface area contributed by atoms with Crippen molar-refractivity contribution < 1.29 is 0 Å². The lowest BCUT2D eigenvalue weighted by Crippen LogP contribution is -2.51. The van der Waals surface area contributed by atoms with Crippen molar-refractivity contribution in [1.29, 1.82) is 0 Å². The minimum absolute atomic E-state index is 0.458. The van der Waals surface area contributed by atoms with Crippen LogP contribution in [-0.2, 0) is 6.42 Å². The summed E-state index contributed by atoms with van der Waals surface area (Å²) >= 11 is 0. The van der Waals surface area contributed by atoms with Crippen LogP contribution >= 0.6 is 0 Å². The van der Waals surface area contributed by atoms with E-state index in [-0.39, 0.29) is 0 Å². The van der Waals surface area contributed by atoms with Gasteiger partial charge >= 0.3 is 0 Å². The Morgan fingerprint density at radius 1 is 1.10 bits per heavy atom. The second kappa shape index (κ2) is 7.83. The Labute approximate surface area is 173 Å². The topological polar surface area (TPSA) is 33.1 Å². The largest absolute Gasteiger partial charge is 0.369 e. The van der Waals surface area contributed by atoms with Crippen LogP contribution in [-0.4, -0.2) is 35.5 Å². The SMILES string of the molecule is CC(C)c1nn(C2CCC2)c2cc(N3CCN[C@@H](Cc4ccccc4)C3)ccc12. The molecule has 4 heteroatoms. The van der Waals surface area contributed by atoms with E-state index in [1.54, 1.807) is 0 Å². The van der Waals surface area contributed by atoms with Gasteiger partial charge in [0.25, 0.3) is 0 Å². The van der Waals surface area contributed by atoms with Gasteiger partial charge < -0.3 is 10.2 Å². The van der Waals surface area contributed by atoms with E-state index in [4.69, 9.17) is 5.10 Å². The van der Waals surface area contributed by atoms with Crippen LogP contribution in [0.3, 0.4) is 0 Å². The summed E-state index contributed by atoms with van der Waals surface area (Å²) in [6, 6.07) is 18.9. The Balaban J connectivity index is 1.42. The number of aromatic nitrogens is 2. The third kappa shape index (κ3) is 3.66. The minimum atomic E-state index is 0.458. The highest BCUT2D eigenvalue weighted by atomic mass is 15.3. The quantitative estimate of drug-likeness (QED) is 0.674. The lowest BCUT2D eigenvalue weighted by molar-refractivity contribution is 0.295. The zero-order valence-corrected chi connectivity index (χ0v) is 17.6. The molecule has 5 rings (SSSR count). The van der Waals surface area contributed by atoms with Gasteiger partial charge in [0.15, 0.2) is 0 Å². The highest BCUT2D eigenvalue weighted by molar-refractivity contribution is 5.86. The number of anilines is 1. The molecule has 1 saturated carbocycles. The molecule has 29 heavy (non-hydrogen) atoms. The summed E-state index contributed by atoms with van der Waals surface area (Å²) in [5, 5.41) is 10.1. The molecule has 3 aromatic rings. The molecule has 152 valence electrons. The third-order valence-corrected chi connectivity index (χ3v) is 6.63. The van der Waals surface area contributed by atoms with E-state index in [1.165, 1.54) is 47.1 Å². The van der Waals surface area contributed by atoms with Gasteiger partial charge in [-0.25, -0.2) is 0 Å². The van der Waals surface area contributed by atoms with Gasteiger partial charge in [0.1, 0.15) is 0 Å². The molecule has 1 aromatic heterocycles. The van der Waals surface area contributed by atoms with Crippen LogP contribution in [0.4, 0.5) is 5.69 Å². The molecular weight excluding hydrogens is 356 g/mol. The predicted molar refractivity (Wildman–Crippen MR) is 121 cm³/mol. The first-order valence-corrected chi connectivity index (χ1v) is 11.2. The molecule has 1 N–H and O–H groups in total. The molecule has 1 saturated heterocycles. The van der Waals surface area contributed by atoms with E-state index < -0.39 is 0 Å². The molecule has 0 radical (unpaired) electrons. The van der Waals surface area contributed by atoms with E-state index in [0.717, 1.165) is 26.1 Å². The maximum absolute atomic E-state index is 5.05. The molecular formula is C25H32N4. The van der Waals surface area contributed by atoms with Crippen molar-refractivity contribution in [2.45, 2.75) is 57.5 Å². The Morgan fingerprint density at radius 3 is 2.66 bits per heavy atom. The molecule has 0 spiro atoms. The van der Waals surface area contributed by atoms with Crippen molar-refractivity contribution >= 4 is 16.6 Å². The van der Waals surface area contributed by atoms with Crippen molar-refractivity contribution in [3.8, 4) is 0 Å². The Bertz CT molecular complexity index is 971. The Hall–Kier alpha value is -2.33. The number of piperazine rings is 1. The maximum Gasteiger partial charge on any atom is 0.0728 e. The summed E-state index contributed by atoms with van der Waals surface area (Å²) < 4.78 is 2.33. The third-order valence-electron chi connectivity index (χ3n) is 6.63. The average Bonchev–Trinajstić information content (AvgIpc) is 3.06. The molecule has 2 aliphatic rings. The van der Waals surface area contributed by atoms with E-state index >= 15 is 0 Å². The van der Waals surface area contributed by atoms with Crippen LogP contribution in [0.15, 0.2) is 48.5 Å². The zero-order valence-electron chi connectivity index (χ0n) is 17.6. The minimum Gasteiger partial charge on any atom is -0.369 e. The number of benzene rings is 2. The second-order valence-electron chi connectivity index (χ2n) is 9.06. The normalized spacial score (nSPS) is 20.4. The molecule has 4 nitrogen and oxygen atoms in total. The van der Waals surface area contributed by atoms with Crippen molar-refractivity contribution in [3.05, 3.63) is 59.8 Å². The van der Waals surface area contributed by atoms with Gasteiger partial charge in [-0.1, -0.05) is 44.2 Å². The second-order valence-corrected chi connectivity index (χ2v) is 9.06. The van der Waals surface area contributed by atoms with Crippen molar-refractivity contribution in [2.75, 3.05) is 24.5 Å².